The first-order chi connectivity index (χ1) is 13.6. The predicted octanol–water partition coefficient (Wildman–Crippen LogP) is 1.80. The SMILES string of the molecule is COc1ccc(CCNC(=O)[C@@H](C)[NH+]2CCN(c3cccc(Cl)c3)CC2)cc1. The van der Waals surface area contributed by atoms with Crippen LogP contribution in [0.25, 0.3) is 0 Å². The number of carbonyl (C=O) groups is 1. The van der Waals surface area contributed by atoms with Crippen molar-refractivity contribution in [3.8, 4) is 5.75 Å². The van der Waals surface area contributed by atoms with Crippen LogP contribution in [0.4, 0.5) is 5.69 Å². The van der Waals surface area contributed by atoms with Crippen LogP contribution in [0.3, 0.4) is 0 Å². The summed E-state index contributed by atoms with van der Waals surface area (Å²) in [6.07, 6.45) is 0.820. The number of hydrogen-bond acceptors (Lipinski definition) is 3. The third-order valence-electron chi connectivity index (χ3n) is 5.46. The van der Waals surface area contributed by atoms with Gasteiger partial charge in [-0.1, -0.05) is 29.8 Å². The molecular weight excluding hydrogens is 374 g/mol. The normalized spacial score (nSPS) is 15.9. The van der Waals surface area contributed by atoms with Crippen LogP contribution >= 0.6 is 11.6 Å². The van der Waals surface area contributed by atoms with E-state index in [-0.39, 0.29) is 11.9 Å². The molecule has 150 valence electrons. The molecule has 1 amide bonds. The van der Waals surface area contributed by atoms with Gasteiger partial charge in [0.1, 0.15) is 5.75 Å². The molecule has 0 aromatic heterocycles. The zero-order chi connectivity index (χ0) is 19.9. The van der Waals surface area contributed by atoms with Crippen molar-refractivity contribution in [1.82, 2.24) is 5.32 Å². The van der Waals surface area contributed by atoms with Gasteiger partial charge >= 0.3 is 0 Å². The smallest absolute Gasteiger partial charge is 0.278 e. The van der Waals surface area contributed by atoms with Gasteiger partial charge in [-0.15, -0.1) is 0 Å². The molecule has 6 heteroatoms. The Labute approximate surface area is 172 Å². The molecule has 2 N–H and O–H groups in total. The maximum Gasteiger partial charge on any atom is 0.278 e. The van der Waals surface area contributed by atoms with Crippen LogP contribution in [-0.4, -0.2) is 51.8 Å². The quantitative estimate of drug-likeness (QED) is 0.742. The Morgan fingerprint density at radius 3 is 2.57 bits per heavy atom. The number of piperazine rings is 1. The average Bonchev–Trinajstić information content (AvgIpc) is 2.73. The van der Waals surface area contributed by atoms with Gasteiger partial charge in [-0.05, 0) is 49.2 Å². The summed E-state index contributed by atoms with van der Waals surface area (Å²) in [6, 6.07) is 15.9. The molecule has 28 heavy (non-hydrogen) atoms. The number of nitrogens with one attached hydrogen (secondary N) is 2. The highest BCUT2D eigenvalue weighted by Gasteiger charge is 2.29. The number of carbonyl (C=O) groups excluding carboxylic acids is 1. The minimum atomic E-state index is -0.0441. The Bertz CT molecular complexity index is 774. The predicted molar refractivity (Wildman–Crippen MR) is 114 cm³/mol. The second kappa shape index (κ2) is 9.80. The number of ether oxygens (including phenoxy) is 1. The molecule has 0 radical (unpaired) electrons. The largest absolute Gasteiger partial charge is 0.497 e. The van der Waals surface area contributed by atoms with E-state index >= 15 is 0 Å². The van der Waals surface area contributed by atoms with Crippen molar-refractivity contribution < 1.29 is 14.4 Å². The third kappa shape index (κ3) is 5.40. The molecule has 2 aromatic rings. The van der Waals surface area contributed by atoms with Gasteiger partial charge in [0.05, 0.1) is 33.3 Å². The standard InChI is InChI=1S/C22H28ClN3O2/c1-17(22(27)24-11-10-18-6-8-21(28-2)9-7-18)25-12-14-26(15-13-25)20-5-3-4-19(23)16-20/h3-9,16-17H,10-15H2,1-2H3,(H,24,27)/p+1/t17-/m1/s1. The molecular formula is C22H29ClN3O2+. The van der Waals surface area contributed by atoms with E-state index in [1.807, 2.05) is 49.4 Å². The van der Waals surface area contributed by atoms with Crippen molar-refractivity contribution in [2.45, 2.75) is 19.4 Å². The fourth-order valence-electron chi connectivity index (χ4n) is 3.62. The van der Waals surface area contributed by atoms with Crippen LogP contribution in [0.1, 0.15) is 12.5 Å². The first-order valence-corrected chi connectivity index (χ1v) is 10.2. The fraction of sp³-hybridized carbons (Fsp3) is 0.409. The molecule has 3 rings (SSSR count). The minimum absolute atomic E-state index is 0.0441. The number of anilines is 1. The molecule has 1 heterocycles. The second-order valence-electron chi connectivity index (χ2n) is 7.24. The minimum Gasteiger partial charge on any atom is -0.497 e. The molecule has 0 unspecified atom stereocenters. The highest BCUT2D eigenvalue weighted by molar-refractivity contribution is 6.30. The molecule has 0 aliphatic carbocycles. The topological polar surface area (TPSA) is 46.0 Å². The molecule has 5 nitrogen and oxygen atoms in total. The van der Waals surface area contributed by atoms with Crippen LogP contribution in [0.5, 0.6) is 5.75 Å². The molecule has 0 spiro atoms. The van der Waals surface area contributed by atoms with Crippen molar-refractivity contribution in [1.29, 1.82) is 0 Å². The molecule has 1 aliphatic rings. The Morgan fingerprint density at radius 2 is 1.93 bits per heavy atom. The van der Waals surface area contributed by atoms with Crippen LogP contribution in [0.2, 0.25) is 5.02 Å². The Morgan fingerprint density at radius 1 is 1.21 bits per heavy atom. The van der Waals surface area contributed by atoms with E-state index in [2.05, 4.69) is 16.3 Å². The van der Waals surface area contributed by atoms with E-state index in [4.69, 9.17) is 16.3 Å². The summed E-state index contributed by atoms with van der Waals surface area (Å²) >= 11 is 6.10. The molecule has 1 atom stereocenters. The summed E-state index contributed by atoms with van der Waals surface area (Å²) in [7, 11) is 1.66. The van der Waals surface area contributed by atoms with E-state index in [0.29, 0.717) is 6.54 Å². The number of amides is 1. The summed E-state index contributed by atoms with van der Waals surface area (Å²) in [5, 5.41) is 3.85. The van der Waals surface area contributed by atoms with Gasteiger partial charge in [-0.3, -0.25) is 4.79 Å². The van der Waals surface area contributed by atoms with Crippen LogP contribution < -0.4 is 19.9 Å². The van der Waals surface area contributed by atoms with E-state index in [1.165, 1.54) is 10.5 Å². The van der Waals surface area contributed by atoms with E-state index < -0.39 is 0 Å². The lowest BCUT2D eigenvalue weighted by atomic mass is 10.1. The zero-order valence-corrected chi connectivity index (χ0v) is 17.3. The highest BCUT2D eigenvalue weighted by atomic mass is 35.5. The van der Waals surface area contributed by atoms with Crippen LogP contribution in [0.15, 0.2) is 48.5 Å². The number of nitrogens with zero attached hydrogens (tertiary/aromatic N) is 1. The molecule has 0 bridgehead atoms. The van der Waals surface area contributed by atoms with Gasteiger partial charge in [-0.25, -0.2) is 0 Å². The number of hydrogen-bond donors (Lipinski definition) is 2. The number of benzene rings is 2. The average molecular weight is 403 g/mol. The lowest BCUT2D eigenvalue weighted by molar-refractivity contribution is -0.914. The van der Waals surface area contributed by atoms with Crippen LogP contribution in [-0.2, 0) is 11.2 Å². The summed E-state index contributed by atoms with van der Waals surface area (Å²) in [6.45, 7) is 6.42. The Kier molecular flexibility index (Phi) is 7.18. The summed E-state index contributed by atoms with van der Waals surface area (Å²) in [4.78, 5) is 16.2. The van der Waals surface area contributed by atoms with Gasteiger partial charge in [0.2, 0.25) is 0 Å². The number of quaternary nitrogens is 1. The second-order valence-corrected chi connectivity index (χ2v) is 7.67. The zero-order valence-electron chi connectivity index (χ0n) is 16.6. The Balaban J connectivity index is 1.42. The lowest BCUT2D eigenvalue weighted by Crippen LogP contribution is -3.19. The summed E-state index contributed by atoms with van der Waals surface area (Å²) in [5.74, 6) is 0.974. The maximum absolute atomic E-state index is 12.5. The number of halogens is 1. The molecule has 1 aliphatic heterocycles. The first-order valence-electron chi connectivity index (χ1n) is 9.82. The van der Waals surface area contributed by atoms with Crippen molar-refractivity contribution in [3.63, 3.8) is 0 Å². The molecule has 1 saturated heterocycles. The van der Waals surface area contributed by atoms with Crippen molar-refractivity contribution in [2.75, 3.05) is 44.7 Å². The summed E-state index contributed by atoms with van der Waals surface area (Å²) < 4.78 is 5.17. The molecule has 0 saturated carbocycles. The van der Waals surface area contributed by atoms with Crippen molar-refractivity contribution in [3.05, 3.63) is 59.1 Å². The van der Waals surface area contributed by atoms with E-state index in [1.54, 1.807) is 7.11 Å². The Hall–Kier alpha value is -2.24. The van der Waals surface area contributed by atoms with Gasteiger partial charge in [0.25, 0.3) is 5.91 Å². The van der Waals surface area contributed by atoms with Crippen LogP contribution in [0, 0.1) is 0 Å². The van der Waals surface area contributed by atoms with Gasteiger partial charge in [-0.2, -0.15) is 0 Å². The number of rotatable bonds is 7. The highest BCUT2D eigenvalue weighted by Crippen LogP contribution is 2.19. The maximum atomic E-state index is 12.5. The third-order valence-corrected chi connectivity index (χ3v) is 5.69. The summed E-state index contributed by atoms with van der Waals surface area (Å²) in [5.41, 5.74) is 2.35. The van der Waals surface area contributed by atoms with Crippen molar-refractivity contribution >= 4 is 23.2 Å². The first kappa shape index (κ1) is 20.5. The van der Waals surface area contributed by atoms with Gasteiger partial charge < -0.3 is 19.9 Å². The van der Waals surface area contributed by atoms with Gasteiger partial charge in [0.15, 0.2) is 6.04 Å². The lowest BCUT2D eigenvalue weighted by Gasteiger charge is -2.36. The fourth-order valence-corrected chi connectivity index (χ4v) is 3.80. The number of methoxy groups -OCH3 is 1. The van der Waals surface area contributed by atoms with E-state index in [0.717, 1.165) is 49.1 Å². The molecule has 2 aromatic carbocycles. The van der Waals surface area contributed by atoms with Crippen molar-refractivity contribution in [2.24, 2.45) is 0 Å². The van der Waals surface area contributed by atoms with E-state index in [9.17, 15) is 4.79 Å². The van der Waals surface area contributed by atoms with Gasteiger partial charge in [0, 0.05) is 17.3 Å². The monoisotopic (exact) mass is 402 g/mol. The molecule has 1 fully saturated rings.